The van der Waals surface area contributed by atoms with Crippen LogP contribution in [0.25, 0.3) is 11.0 Å². The molecule has 0 N–H and O–H groups in total. The largest absolute Gasteiger partial charge is 0.349 e. The second-order valence-electron chi connectivity index (χ2n) is 5.08. The standard InChI is InChI=1S/C14H18N4O/c1-16-7-9-18(10-8-16)13-14(19)17(2)12-6-4-3-5-11(12)15-13/h3-6H,7-10H2,1-2H3. The Morgan fingerprint density at radius 2 is 1.74 bits per heavy atom. The van der Waals surface area contributed by atoms with E-state index in [0.29, 0.717) is 5.82 Å². The van der Waals surface area contributed by atoms with Crippen molar-refractivity contribution in [2.45, 2.75) is 0 Å². The highest BCUT2D eigenvalue weighted by atomic mass is 16.1. The average molecular weight is 258 g/mol. The van der Waals surface area contributed by atoms with Crippen LogP contribution < -0.4 is 10.5 Å². The smallest absolute Gasteiger partial charge is 0.293 e. The number of para-hydroxylation sites is 2. The number of nitrogens with zero attached hydrogens (tertiary/aromatic N) is 4. The van der Waals surface area contributed by atoms with E-state index < -0.39 is 0 Å². The van der Waals surface area contributed by atoms with Crippen molar-refractivity contribution in [3.05, 3.63) is 34.6 Å². The lowest BCUT2D eigenvalue weighted by Crippen LogP contribution is -2.47. The Morgan fingerprint density at radius 1 is 1.05 bits per heavy atom. The summed E-state index contributed by atoms with van der Waals surface area (Å²) in [4.78, 5) is 21.3. The molecule has 5 heteroatoms. The second kappa shape index (κ2) is 4.66. The van der Waals surface area contributed by atoms with Crippen molar-refractivity contribution in [2.75, 3.05) is 38.1 Å². The third kappa shape index (κ3) is 2.10. The van der Waals surface area contributed by atoms with Crippen molar-refractivity contribution in [3.63, 3.8) is 0 Å². The fourth-order valence-corrected chi connectivity index (χ4v) is 2.49. The number of rotatable bonds is 1. The molecule has 1 aliphatic heterocycles. The van der Waals surface area contributed by atoms with Gasteiger partial charge in [0, 0.05) is 33.2 Å². The predicted octanol–water partition coefficient (Wildman–Crippen LogP) is 0.685. The van der Waals surface area contributed by atoms with E-state index >= 15 is 0 Å². The normalized spacial score (nSPS) is 17.1. The molecular formula is C14H18N4O. The minimum atomic E-state index is -0.0109. The number of piperazine rings is 1. The van der Waals surface area contributed by atoms with E-state index in [-0.39, 0.29) is 5.56 Å². The third-order valence-electron chi connectivity index (χ3n) is 3.77. The lowest BCUT2D eigenvalue weighted by atomic mass is 10.3. The highest BCUT2D eigenvalue weighted by molar-refractivity contribution is 5.76. The quantitative estimate of drug-likeness (QED) is 0.754. The van der Waals surface area contributed by atoms with E-state index in [1.165, 1.54) is 0 Å². The number of aromatic nitrogens is 2. The Bertz CT molecular complexity index is 656. The van der Waals surface area contributed by atoms with Crippen LogP contribution in [0.4, 0.5) is 5.82 Å². The van der Waals surface area contributed by atoms with Gasteiger partial charge in [0.15, 0.2) is 5.82 Å². The molecule has 0 spiro atoms. The summed E-state index contributed by atoms with van der Waals surface area (Å²) >= 11 is 0. The predicted molar refractivity (Wildman–Crippen MR) is 76.7 cm³/mol. The fourth-order valence-electron chi connectivity index (χ4n) is 2.49. The van der Waals surface area contributed by atoms with Gasteiger partial charge >= 0.3 is 0 Å². The van der Waals surface area contributed by atoms with Gasteiger partial charge in [-0.2, -0.15) is 0 Å². The van der Waals surface area contributed by atoms with Gasteiger partial charge in [0.2, 0.25) is 0 Å². The maximum Gasteiger partial charge on any atom is 0.293 e. The van der Waals surface area contributed by atoms with Crippen LogP contribution in [0.5, 0.6) is 0 Å². The summed E-state index contributed by atoms with van der Waals surface area (Å²) in [5, 5.41) is 0. The van der Waals surface area contributed by atoms with Crippen molar-refractivity contribution >= 4 is 16.9 Å². The molecule has 3 rings (SSSR count). The molecule has 1 saturated heterocycles. The number of hydrogen-bond donors (Lipinski definition) is 0. The van der Waals surface area contributed by atoms with E-state index in [9.17, 15) is 4.79 Å². The zero-order chi connectivity index (χ0) is 13.4. The van der Waals surface area contributed by atoms with Crippen molar-refractivity contribution in [2.24, 2.45) is 7.05 Å². The van der Waals surface area contributed by atoms with Gasteiger partial charge in [0.05, 0.1) is 11.0 Å². The van der Waals surface area contributed by atoms with Crippen LogP contribution >= 0.6 is 0 Å². The zero-order valence-electron chi connectivity index (χ0n) is 11.3. The molecular weight excluding hydrogens is 240 g/mol. The number of benzene rings is 1. The van der Waals surface area contributed by atoms with Crippen molar-refractivity contribution in [3.8, 4) is 0 Å². The zero-order valence-corrected chi connectivity index (χ0v) is 11.3. The van der Waals surface area contributed by atoms with Gasteiger partial charge in [-0.25, -0.2) is 4.98 Å². The van der Waals surface area contributed by atoms with Gasteiger partial charge in [-0.15, -0.1) is 0 Å². The SMILES string of the molecule is CN1CCN(c2nc3ccccc3n(C)c2=O)CC1. The maximum absolute atomic E-state index is 12.4. The van der Waals surface area contributed by atoms with Crippen molar-refractivity contribution < 1.29 is 0 Å². The van der Waals surface area contributed by atoms with Gasteiger partial charge in [-0.05, 0) is 19.2 Å². The topological polar surface area (TPSA) is 41.4 Å². The van der Waals surface area contributed by atoms with E-state index in [1.54, 1.807) is 4.57 Å². The molecule has 0 unspecified atom stereocenters. The first-order chi connectivity index (χ1) is 9.16. The molecule has 0 radical (unpaired) electrons. The number of fused-ring (bicyclic) bond motifs is 1. The van der Waals surface area contributed by atoms with Crippen LogP contribution in [0.2, 0.25) is 0 Å². The Balaban J connectivity index is 2.09. The highest BCUT2D eigenvalue weighted by Gasteiger charge is 2.19. The lowest BCUT2D eigenvalue weighted by molar-refractivity contribution is 0.311. The number of likely N-dealkylation sites (N-methyl/N-ethyl adjacent to an activating group) is 1. The summed E-state index contributed by atoms with van der Waals surface area (Å²) in [5.74, 6) is 0.578. The Hall–Kier alpha value is -1.88. The van der Waals surface area contributed by atoms with Gasteiger partial charge in [0.1, 0.15) is 0 Å². The van der Waals surface area contributed by atoms with Crippen molar-refractivity contribution in [1.29, 1.82) is 0 Å². The molecule has 0 amide bonds. The molecule has 1 aliphatic rings. The Labute approximate surface area is 112 Å². The first-order valence-corrected chi connectivity index (χ1v) is 6.56. The molecule has 1 fully saturated rings. The molecule has 2 aromatic rings. The van der Waals surface area contributed by atoms with Crippen LogP contribution in [0.15, 0.2) is 29.1 Å². The first-order valence-electron chi connectivity index (χ1n) is 6.56. The molecule has 2 heterocycles. The van der Waals surface area contributed by atoms with E-state index in [0.717, 1.165) is 37.2 Å². The fraction of sp³-hybridized carbons (Fsp3) is 0.429. The second-order valence-corrected chi connectivity index (χ2v) is 5.08. The summed E-state index contributed by atoms with van der Waals surface area (Å²) in [6.45, 7) is 3.66. The summed E-state index contributed by atoms with van der Waals surface area (Å²) in [6.07, 6.45) is 0. The molecule has 0 aliphatic carbocycles. The summed E-state index contributed by atoms with van der Waals surface area (Å²) in [5.41, 5.74) is 1.74. The van der Waals surface area contributed by atoms with E-state index in [2.05, 4.69) is 21.8 Å². The summed E-state index contributed by atoms with van der Waals surface area (Å²) in [6, 6.07) is 7.76. The average Bonchev–Trinajstić information content (AvgIpc) is 2.44. The van der Waals surface area contributed by atoms with E-state index in [4.69, 9.17) is 0 Å². The maximum atomic E-state index is 12.4. The molecule has 0 atom stereocenters. The van der Waals surface area contributed by atoms with E-state index in [1.807, 2.05) is 31.3 Å². The van der Waals surface area contributed by atoms with Crippen LogP contribution in [0, 0.1) is 0 Å². The van der Waals surface area contributed by atoms with Crippen LogP contribution in [0.3, 0.4) is 0 Å². The van der Waals surface area contributed by atoms with Crippen LogP contribution in [-0.2, 0) is 7.05 Å². The molecule has 1 aromatic carbocycles. The first kappa shape index (κ1) is 12.2. The molecule has 5 nitrogen and oxygen atoms in total. The summed E-state index contributed by atoms with van der Waals surface area (Å²) < 4.78 is 1.69. The van der Waals surface area contributed by atoms with Crippen LogP contribution in [-0.4, -0.2) is 47.7 Å². The monoisotopic (exact) mass is 258 g/mol. The third-order valence-corrected chi connectivity index (χ3v) is 3.77. The highest BCUT2D eigenvalue weighted by Crippen LogP contribution is 2.14. The van der Waals surface area contributed by atoms with Crippen molar-refractivity contribution in [1.82, 2.24) is 14.5 Å². The Kier molecular flexibility index (Phi) is 2.98. The van der Waals surface area contributed by atoms with Crippen LogP contribution in [0.1, 0.15) is 0 Å². The van der Waals surface area contributed by atoms with Gasteiger partial charge in [-0.3, -0.25) is 4.79 Å². The molecule has 100 valence electrons. The Morgan fingerprint density at radius 3 is 2.47 bits per heavy atom. The summed E-state index contributed by atoms with van der Waals surface area (Å²) in [7, 11) is 3.91. The molecule has 19 heavy (non-hydrogen) atoms. The minimum absolute atomic E-state index is 0.0109. The lowest BCUT2D eigenvalue weighted by Gasteiger charge is -2.32. The minimum Gasteiger partial charge on any atom is -0.349 e. The molecule has 1 aromatic heterocycles. The number of aryl methyl sites for hydroxylation is 1. The van der Waals surface area contributed by atoms with Gasteiger partial charge in [-0.1, -0.05) is 12.1 Å². The van der Waals surface area contributed by atoms with Gasteiger partial charge in [0.25, 0.3) is 5.56 Å². The number of anilines is 1. The molecule has 0 saturated carbocycles. The molecule has 0 bridgehead atoms. The van der Waals surface area contributed by atoms with Gasteiger partial charge < -0.3 is 14.4 Å². The number of hydrogen-bond acceptors (Lipinski definition) is 4.